The molecule has 5 N–H and O–H groups in total. The summed E-state index contributed by atoms with van der Waals surface area (Å²) in [6.07, 6.45) is 3.67. The van der Waals surface area contributed by atoms with Gasteiger partial charge in [0.2, 0.25) is 5.91 Å². The fraction of sp³-hybridized carbons (Fsp3) is 0.818. The maximum Gasteiger partial charge on any atom is 0.326 e. The van der Waals surface area contributed by atoms with Gasteiger partial charge in [0.05, 0.1) is 6.04 Å². The fourth-order valence-electron chi connectivity index (χ4n) is 1.93. The molecular formula is C11H21N3O3. The van der Waals surface area contributed by atoms with Gasteiger partial charge in [0.25, 0.3) is 0 Å². The number of hydrogen-bond acceptors (Lipinski definition) is 4. The van der Waals surface area contributed by atoms with E-state index in [2.05, 4.69) is 10.6 Å². The number of aliphatic carboxylic acids is 1. The van der Waals surface area contributed by atoms with Crippen molar-refractivity contribution < 1.29 is 14.7 Å². The van der Waals surface area contributed by atoms with Gasteiger partial charge in [-0.05, 0) is 45.2 Å². The van der Waals surface area contributed by atoms with E-state index in [4.69, 9.17) is 10.8 Å². The minimum Gasteiger partial charge on any atom is -0.480 e. The molecule has 98 valence electrons. The first kappa shape index (κ1) is 13.9. The Labute approximate surface area is 101 Å². The van der Waals surface area contributed by atoms with Crippen LogP contribution >= 0.6 is 0 Å². The lowest BCUT2D eigenvalue weighted by molar-refractivity contribution is -0.142. The van der Waals surface area contributed by atoms with E-state index in [1.807, 2.05) is 0 Å². The number of carboxylic acids is 1. The summed E-state index contributed by atoms with van der Waals surface area (Å²) < 4.78 is 0. The van der Waals surface area contributed by atoms with Crippen LogP contribution in [0.15, 0.2) is 0 Å². The molecule has 0 aromatic rings. The molecule has 1 heterocycles. The zero-order chi connectivity index (χ0) is 12.7. The van der Waals surface area contributed by atoms with Gasteiger partial charge in [-0.2, -0.15) is 0 Å². The highest BCUT2D eigenvalue weighted by molar-refractivity contribution is 5.87. The van der Waals surface area contributed by atoms with E-state index in [1.54, 1.807) is 0 Å². The van der Waals surface area contributed by atoms with Gasteiger partial charge in [0, 0.05) is 0 Å². The monoisotopic (exact) mass is 243 g/mol. The minimum absolute atomic E-state index is 0.206. The van der Waals surface area contributed by atoms with Gasteiger partial charge in [-0.1, -0.05) is 0 Å². The van der Waals surface area contributed by atoms with E-state index < -0.39 is 12.0 Å². The van der Waals surface area contributed by atoms with Gasteiger partial charge in [0.15, 0.2) is 0 Å². The SMILES string of the molecule is NCCCCC(NC(=O)C1CCCN1)C(=O)O. The molecular weight excluding hydrogens is 222 g/mol. The maximum atomic E-state index is 11.7. The predicted octanol–water partition coefficient (Wildman–Crippen LogP) is -0.563. The average molecular weight is 243 g/mol. The van der Waals surface area contributed by atoms with Crippen LogP contribution in [0.1, 0.15) is 32.1 Å². The smallest absolute Gasteiger partial charge is 0.326 e. The van der Waals surface area contributed by atoms with E-state index in [9.17, 15) is 9.59 Å². The van der Waals surface area contributed by atoms with Crippen molar-refractivity contribution in [3.8, 4) is 0 Å². The van der Waals surface area contributed by atoms with Crippen molar-refractivity contribution in [3.63, 3.8) is 0 Å². The maximum absolute atomic E-state index is 11.7. The molecule has 1 saturated heterocycles. The van der Waals surface area contributed by atoms with Gasteiger partial charge in [-0.25, -0.2) is 4.79 Å². The molecule has 0 radical (unpaired) electrons. The van der Waals surface area contributed by atoms with Crippen molar-refractivity contribution in [1.82, 2.24) is 10.6 Å². The number of nitrogens with one attached hydrogen (secondary N) is 2. The number of rotatable bonds is 7. The van der Waals surface area contributed by atoms with Crippen LogP contribution in [0.25, 0.3) is 0 Å². The Kier molecular flexibility index (Phi) is 5.93. The molecule has 2 atom stereocenters. The molecule has 1 aliphatic heterocycles. The van der Waals surface area contributed by atoms with Gasteiger partial charge in [0.1, 0.15) is 6.04 Å². The second-order valence-corrected chi connectivity index (χ2v) is 4.33. The Bertz CT molecular complexity index is 265. The fourth-order valence-corrected chi connectivity index (χ4v) is 1.93. The third kappa shape index (κ3) is 4.70. The zero-order valence-electron chi connectivity index (χ0n) is 9.95. The molecule has 17 heavy (non-hydrogen) atoms. The summed E-state index contributed by atoms with van der Waals surface area (Å²) in [6, 6.07) is -1.03. The Hall–Kier alpha value is -1.14. The van der Waals surface area contributed by atoms with Crippen LogP contribution in [-0.2, 0) is 9.59 Å². The van der Waals surface area contributed by atoms with Crippen LogP contribution < -0.4 is 16.4 Å². The summed E-state index contributed by atoms with van der Waals surface area (Å²) in [5.41, 5.74) is 5.35. The third-order valence-corrected chi connectivity index (χ3v) is 2.94. The number of carbonyl (C=O) groups excluding carboxylic acids is 1. The van der Waals surface area contributed by atoms with Crippen molar-refractivity contribution in [2.45, 2.75) is 44.2 Å². The number of hydrogen-bond donors (Lipinski definition) is 4. The summed E-state index contributed by atoms with van der Waals surface area (Å²) in [7, 11) is 0. The summed E-state index contributed by atoms with van der Waals surface area (Å²) in [4.78, 5) is 22.7. The Morgan fingerprint density at radius 3 is 2.76 bits per heavy atom. The van der Waals surface area contributed by atoms with Gasteiger partial charge < -0.3 is 21.5 Å². The third-order valence-electron chi connectivity index (χ3n) is 2.94. The van der Waals surface area contributed by atoms with Crippen LogP contribution in [0.4, 0.5) is 0 Å². The lowest BCUT2D eigenvalue weighted by Gasteiger charge is -2.17. The van der Waals surface area contributed by atoms with E-state index >= 15 is 0 Å². The van der Waals surface area contributed by atoms with Crippen LogP contribution in [0.2, 0.25) is 0 Å². The van der Waals surface area contributed by atoms with Crippen molar-refractivity contribution >= 4 is 11.9 Å². The molecule has 1 aliphatic rings. The normalized spacial score (nSPS) is 21.1. The van der Waals surface area contributed by atoms with Crippen LogP contribution in [0.5, 0.6) is 0 Å². The van der Waals surface area contributed by atoms with Crippen molar-refractivity contribution in [2.75, 3.05) is 13.1 Å². The first-order valence-corrected chi connectivity index (χ1v) is 6.11. The number of carboxylic acid groups (broad SMARTS) is 1. The summed E-state index contributed by atoms with van der Waals surface area (Å²) in [5.74, 6) is -1.18. The van der Waals surface area contributed by atoms with E-state index in [0.29, 0.717) is 19.4 Å². The Morgan fingerprint density at radius 2 is 2.24 bits per heavy atom. The molecule has 0 aliphatic carbocycles. The second-order valence-electron chi connectivity index (χ2n) is 4.33. The number of carbonyl (C=O) groups is 2. The van der Waals surface area contributed by atoms with E-state index in [1.165, 1.54) is 0 Å². The van der Waals surface area contributed by atoms with E-state index in [-0.39, 0.29) is 11.9 Å². The number of unbranched alkanes of at least 4 members (excludes halogenated alkanes) is 1. The molecule has 0 aromatic carbocycles. The number of amides is 1. The van der Waals surface area contributed by atoms with Crippen LogP contribution in [0.3, 0.4) is 0 Å². The molecule has 0 aromatic heterocycles. The number of nitrogens with two attached hydrogens (primary N) is 1. The van der Waals surface area contributed by atoms with Crippen molar-refractivity contribution in [2.24, 2.45) is 5.73 Å². The molecule has 6 heteroatoms. The van der Waals surface area contributed by atoms with Crippen LogP contribution in [-0.4, -0.2) is 42.2 Å². The quantitative estimate of drug-likeness (QED) is 0.449. The largest absolute Gasteiger partial charge is 0.480 e. The molecule has 0 spiro atoms. The highest BCUT2D eigenvalue weighted by Gasteiger charge is 2.26. The molecule has 1 fully saturated rings. The van der Waals surface area contributed by atoms with Gasteiger partial charge in [-0.15, -0.1) is 0 Å². The van der Waals surface area contributed by atoms with Gasteiger partial charge >= 0.3 is 5.97 Å². The molecule has 2 unspecified atom stereocenters. The molecule has 0 bridgehead atoms. The standard InChI is InChI=1S/C11H21N3O3/c12-6-2-1-4-9(11(16)17)14-10(15)8-5-3-7-13-8/h8-9,13H,1-7,12H2,(H,14,15)(H,16,17). The molecule has 1 amide bonds. The Morgan fingerprint density at radius 1 is 1.47 bits per heavy atom. The first-order chi connectivity index (χ1) is 8.15. The second kappa shape index (κ2) is 7.24. The predicted molar refractivity (Wildman–Crippen MR) is 63.5 cm³/mol. The lowest BCUT2D eigenvalue weighted by atomic mass is 10.1. The first-order valence-electron chi connectivity index (χ1n) is 6.11. The average Bonchev–Trinajstić information content (AvgIpc) is 2.81. The summed E-state index contributed by atoms with van der Waals surface area (Å²) in [5, 5.41) is 14.6. The lowest BCUT2D eigenvalue weighted by Crippen LogP contribution is -2.48. The van der Waals surface area contributed by atoms with Crippen molar-refractivity contribution in [3.05, 3.63) is 0 Å². The highest BCUT2D eigenvalue weighted by Crippen LogP contribution is 2.07. The van der Waals surface area contributed by atoms with Crippen LogP contribution in [0, 0.1) is 0 Å². The molecule has 6 nitrogen and oxygen atoms in total. The highest BCUT2D eigenvalue weighted by atomic mass is 16.4. The van der Waals surface area contributed by atoms with Gasteiger partial charge in [-0.3, -0.25) is 4.79 Å². The topological polar surface area (TPSA) is 104 Å². The Balaban J connectivity index is 2.36. The zero-order valence-corrected chi connectivity index (χ0v) is 9.95. The van der Waals surface area contributed by atoms with Crippen molar-refractivity contribution in [1.29, 1.82) is 0 Å². The summed E-state index contributed by atoms with van der Waals surface area (Å²) >= 11 is 0. The molecule has 1 rings (SSSR count). The summed E-state index contributed by atoms with van der Waals surface area (Å²) in [6.45, 7) is 1.37. The molecule has 0 saturated carbocycles. The van der Waals surface area contributed by atoms with E-state index in [0.717, 1.165) is 25.8 Å². The minimum atomic E-state index is -0.978.